The van der Waals surface area contributed by atoms with Gasteiger partial charge in [-0.25, -0.2) is 9.59 Å². The van der Waals surface area contributed by atoms with Crippen molar-refractivity contribution in [1.29, 1.82) is 0 Å². The first-order valence-electron chi connectivity index (χ1n) is 7.64. The van der Waals surface area contributed by atoms with Gasteiger partial charge >= 0.3 is 23.9 Å². The fourth-order valence-corrected chi connectivity index (χ4v) is 1.15. The Morgan fingerprint density at radius 1 is 0.615 bits per heavy atom. The Balaban J connectivity index is -0.000000306. The molecule has 26 heavy (non-hydrogen) atoms. The second-order valence-electron chi connectivity index (χ2n) is 4.90. The van der Waals surface area contributed by atoms with E-state index in [2.05, 4.69) is 0 Å². The van der Waals surface area contributed by atoms with Gasteiger partial charge in [0.25, 0.3) is 0 Å². The summed E-state index contributed by atoms with van der Waals surface area (Å²) < 4.78 is 0. The SMILES string of the molecule is NCCCCCCN.O=C(O)CC(O)C(=O)O.O=C(O)CC(O)C(=O)O. The van der Waals surface area contributed by atoms with Gasteiger partial charge in [0.1, 0.15) is 0 Å². The molecule has 0 amide bonds. The molecule has 0 saturated carbocycles. The molecule has 0 heterocycles. The number of carboxylic acid groups (broad SMARTS) is 4. The Hall–Kier alpha value is -2.28. The molecular weight excluding hydrogens is 356 g/mol. The fourth-order valence-electron chi connectivity index (χ4n) is 1.15. The van der Waals surface area contributed by atoms with E-state index in [9.17, 15) is 19.2 Å². The van der Waals surface area contributed by atoms with Crippen molar-refractivity contribution in [2.75, 3.05) is 13.1 Å². The third-order valence-corrected chi connectivity index (χ3v) is 2.46. The van der Waals surface area contributed by atoms with Gasteiger partial charge in [-0.1, -0.05) is 12.8 Å². The lowest BCUT2D eigenvalue weighted by atomic mass is 10.2. The number of hydrogen-bond donors (Lipinski definition) is 8. The number of aliphatic hydroxyl groups is 2. The number of carbonyl (C=O) groups is 4. The zero-order valence-electron chi connectivity index (χ0n) is 14.3. The first kappa shape index (κ1) is 28.5. The van der Waals surface area contributed by atoms with Crippen LogP contribution in [-0.4, -0.2) is 79.8 Å². The lowest BCUT2D eigenvalue weighted by molar-refractivity contribution is -0.153. The van der Waals surface area contributed by atoms with E-state index >= 15 is 0 Å². The first-order chi connectivity index (χ1) is 12.0. The normalized spacial score (nSPS) is 11.7. The van der Waals surface area contributed by atoms with E-state index in [4.69, 9.17) is 42.1 Å². The predicted molar refractivity (Wildman–Crippen MR) is 88.4 cm³/mol. The molecule has 0 aliphatic carbocycles. The van der Waals surface area contributed by atoms with Gasteiger partial charge in [0.2, 0.25) is 0 Å². The van der Waals surface area contributed by atoms with E-state index in [0.717, 1.165) is 25.9 Å². The molecule has 0 saturated heterocycles. The van der Waals surface area contributed by atoms with Crippen molar-refractivity contribution in [1.82, 2.24) is 0 Å². The van der Waals surface area contributed by atoms with Crippen molar-refractivity contribution >= 4 is 23.9 Å². The van der Waals surface area contributed by atoms with Gasteiger partial charge in [-0.3, -0.25) is 9.59 Å². The molecular formula is C14H28N2O10. The molecule has 2 unspecified atom stereocenters. The maximum Gasteiger partial charge on any atom is 0.333 e. The average Bonchev–Trinajstić information content (AvgIpc) is 2.51. The summed E-state index contributed by atoms with van der Waals surface area (Å²) in [6, 6.07) is 0. The molecule has 0 aromatic heterocycles. The van der Waals surface area contributed by atoms with Crippen LogP contribution in [0.4, 0.5) is 0 Å². The van der Waals surface area contributed by atoms with E-state index in [1.54, 1.807) is 0 Å². The van der Waals surface area contributed by atoms with Crippen LogP contribution >= 0.6 is 0 Å². The van der Waals surface area contributed by atoms with E-state index in [0.29, 0.717) is 0 Å². The summed E-state index contributed by atoms with van der Waals surface area (Å²) in [6.45, 7) is 1.65. The Labute approximate surface area is 150 Å². The Bertz CT molecular complexity index is 379. The van der Waals surface area contributed by atoms with Gasteiger partial charge < -0.3 is 42.1 Å². The lowest BCUT2D eigenvalue weighted by Crippen LogP contribution is -2.22. The summed E-state index contributed by atoms with van der Waals surface area (Å²) in [5, 5.41) is 48.3. The zero-order valence-corrected chi connectivity index (χ0v) is 14.3. The molecule has 154 valence electrons. The maximum atomic E-state index is 9.72. The molecule has 0 aliphatic rings. The highest BCUT2D eigenvalue weighted by atomic mass is 16.4. The Kier molecular flexibility index (Phi) is 20.9. The summed E-state index contributed by atoms with van der Waals surface area (Å²) in [6.07, 6.45) is -0.295. The number of carboxylic acids is 4. The van der Waals surface area contributed by atoms with Crippen LogP contribution in [0.3, 0.4) is 0 Å². The minimum Gasteiger partial charge on any atom is -0.481 e. The third kappa shape index (κ3) is 26.6. The van der Waals surface area contributed by atoms with Crippen molar-refractivity contribution in [3.63, 3.8) is 0 Å². The third-order valence-electron chi connectivity index (χ3n) is 2.46. The van der Waals surface area contributed by atoms with Crippen molar-refractivity contribution in [3.05, 3.63) is 0 Å². The smallest absolute Gasteiger partial charge is 0.333 e. The van der Waals surface area contributed by atoms with Crippen LogP contribution in [0.1, 0.15) is 38.5 Å². The number of hydrogen-bond acceptors (Lipinski definition) is 8. The predicted octanol–water partition coefficient (Wildman–Crippen LogP) is -1.72. The minimum atomic E-state index is -1.79. The van der Waals surface area contributed by atoms with Crippen molar-refractivity contribution in [2.24, 2.45) is 11.5 Å². The molecule has 0 aromatic carbocycles. The molecule has 0 radical (unpaired) electrons. The number of aliphatic hydroxyl groups excluding tert-OH is 2. The molecule has 0 aromatic rings. The largest absolute Gasteiger partial charge is 0.481 e. The number of rotatable bonds is 11. The molecule has 10 N–H and O–H groups in total. The summed E-state index contributed by atoms with van der Waals surface area (Å²) >= 11 is 0. The van der Waals surface area contributed by atoms with Crippen LogP contribution in [0.15, 0.2) is 0 Å². The van der Waals surface area contributed by atoms with Crippen molar-refractivity contribution in [2.45, 2.75) is 50.7 Å². The van der Waals surface area contributed by atoms with Gasteiger partial charge in [0, 0.05) is 0 Å². The van der Waals surface area contributed by atoms with Gasteiger partial charge in [0.05, 0.1) is 12.8 Å². The molecule has 0 spiro atoms. The summed E-state index contributed by atoms with van der Waals surface area (Å²) in [7, 11) is 0. The summed E-state index contributed by atoms with van der Waals surface area (Å²) in [4.78, 5) is 38.8. The Morgan fingerprint density at radius 2 is 0.885 bits per heavy atom. The number of aliphatic carboxylic acids is 4. The fraction of sp³-hybridized carbons (Fsp3) is 0.714. The highest BCUT2D eigenvalue weighted by Crippen LogP contribution is 1.95. The summed E-state index contributed by atoms with van der Waals surface area (Å²) in [5.41, 5.74) is 10.6. The standard InChI is InChI=1S/C6H16N2.2C4H6O5/c7-5-3-1-2-4-6-8;2*5-2(4(8)9)1-3(6)7/h1-8H2;2*2,5H,1H2,(H,6,7)(H,8,9). The van der Waals surface area contributed by atoms with Gasteiger partial charge in [-0.05, 0) is 25.9 Å². The molecule has 0 bridgehead atoms. The molecule has 0 aliphatic heterocycles. The summed E-state index contributed by atoms with van der Waals surface area (Å²) in [5.74, 6) is -5.69. The zero-order chi connectivity index (χ0) is 21.1. The molecule has 12 heteroatoms. The Morgan fingerprint density at radius 3 is 1.00 bits per heavy atom. The van der Waals surface area contributed by atoms with E-state index in [-0.39, 0.29) is 0 Å². The van der Waals surface area contributed by atoms with E-state index < -0.39 is 48.9 Å². The molecule has 0 fully saturated rings. The molecule has 0 rings (SSSR count). The maximum absolute atomic E-state index is 9.72. The van der Waals surface area contributed by atoms with Crippen molar-refractivity contribution < 1.29 is 49.8 Å². The van der Waals surface area contributed by atoms with Gasteiger partial charge in [-0.2, -0.15) is 0 Å². The van der Waals surface area contributed by atoms with Crippen LogP contribution in [0, 0.1) is 0 Å². The van der Waals surface area contributed by atoms with Crippen LogP contribution in [-0.2, 0) is 19.2 Å². The highest BCUT2D eigenvalue weighted by molar-refractivity contribution is 5.79. The average molecular weight is 384 g/mol. The van der Waals surface area contributed by atoms with Crippen LogP contribution in [0.25, 0.3) is 0 Å². The van der Waals surface area contributed by atoms with Crippen LogP contribution in [0.2, 0.25) is 0 Å². The number of nitrogens with two attached hydrogens (primary N) is 2. The monoisotopic (exact) mass is 384 g/mol. The second kappa shape index (κ2) is 19.1. The van der Waals surface area contributed by atoms with Gasteiger partial charge in [0.15, 0.2) is 12.2 Å². The lowest BCUT2D eigenvalue weighted by Gasteiger charge is -1.97. The van der Waals surface area contributed by atoms with Crippen molar-refractivity contribution in [3.8, 4) is 0 Å². The van der Waals surface area contributed by atoms with Crippen LogP contribution in [0.5, 0.6) is 0 Å². The van der Waals surface area contributed by atoms with E-state index in [1.807, 2.05) is 0 Å². The molecule has 12 nitrogen and oxygen atoms in total. The second-order valence-corrected chi connectivity index (χ2v) is 4.90. The minimum absolute atomic E-state index is 0.755. The topological polar surface area (TPSA) is 242 Å². The van der Waals surface area contributed by atoms with Crippen LogP contribution < -0.4 is 11.5 Å². The highest BCUT2D eigenvalue weighted by Gasteiger charge is 2.16. The number of unbranched alkanes of at least 4 members (excludes halogenated alkanes) is 3. The molecule has 2 atom stereocenters. The quantitative estimate of drug-likeness (QED) is 0.185. The van der Waals surface area contributed by atoms with E-state index in [1.165, 1.54) is 12.8 Å². The van der Waals surface area contributed by atoms with Gasteiger partial charge in [-0.15, -0.1) is 0 Å². The first-order valence-corrected chi connectivity index (χ1v) is 7.64.